The van der Waals surface area contributed by atoms with Gasteiger partial charge in [0.1, 0.15) is 0 Å². The molecule has 0 nitrogen and oxygen atoms in total. The van der Waals surface area contributed by atoms with E-state index in [1.807, 2.05) is 0 Å². The van der Waals surface area contributed by atoms with E-state index in [1.54, 1.807) is 0 Å². The quantitative estimate of drug-likeness (QED) is 0.499. The van der Waals surface area contributed by atoms with Crippen molar-refractivity contribution in [3.63, 3.8) is 0 Å². The third kappa shape index (κ3) is 1.07. The Morgan fingerprint density at radius 1 is 1.25 bits per heavy atom. The summed E-state index contributed by atoms with van der Waals surface area (Å²) in [7, 11) is 0. The second-order valence-corrected chi connectivity index (χ2v) is 3.69. The van der Waals surface area contributed by atoms with Crippen LogP contribution in [0, 0.1) is 6.92 Å². The zero-order valence-electron chi connectivity index (χ0n) is 7.89. The fraction of sp³-hybridized carbons (Fsp3) is 0.273. The van der Waals surface area contributed by atoms with Gasteiger partial charge >= 0.3 is 82.7 Å². The van der Waals surface area contributed by atoms with Gasteiger partial charge in [0.15, 0.2) is 0 Å². The molecule has 0 spiro atoms. The molecule has 1 aromatic rings. The Bertz CT molecular complexity index is 350. The number of aryl methyl sites for hydroxylation is 1. The second kappa shape index (κ2) is 2.80. The van der Waals surface area contributed by atoms with Gasteiger partial charge in [0, 0.05) is 0 Å². The zero-order chi connectivity index (χ0) is 8.72. The summed E-state index contributed by atoms with van der Waals surface area (Å²) in [5, 5.41) is 0. The summed E-state index contributed by atoms with van der Waals surface area (Å²) < 4.78 is 0.625. The maximum atomic E-state index is 2.31. The molecule has 0 aliphatic heterocycles. The Hall–Kier alpha value is -0.443. The summed E-state index contributed by atoms with van der Waals surface area (Å²) in [6, 6.07) is 6.57. The summed E-state index contributed by atoms with van der Waals surface area (Å²) in [4.78, 5) is 0. The molecule has 0 saturated carbocycles. The van der Waals surface area contributed by atoms with Crippen molar-refractivity contribution in [2.24, 2.45) is 0 Å². The SMILES string of the molecule is [Li][CH]1C(C)=Cc2c(C)cccc21. The van der Waals surface area contributed by atoms with Gasteiger partial charge in [-0.15, -0.1) is 0 Å². The van der Waals surface area contributed by atoms with Crippen molar-refractivity contribution in [2.75, 3.05) is 0 Å². The number of allylic oxidation sites excluding steroid dienone is 1. The first kappa shape index (κ1) is 8.17. The van der Waals surface area contributed by atoms with Crippen LogP contribution in [0.4, 0.5) is 0 Å². The molecule has 1 aromatic carbocycles. The van der Waals surface area contributed by atoms with Gasteiger partial charge in [-0.25, -0.2) is 0 Å². The predicted molar refractivity (Wildman–Crippen MR) is 53.3 cm³/mol. The molecule has 0 fully saturated rings. The molecule has 56 valence electrons. The molecular weight excluding hydrogens is 139 g/mol. The molecule has 1 aliphatic rings. The minimum absolute atomic E-state index is 0.625. The summed E-state index contributed by atoms with van der Waals surface area (Å²) in [5.74, 6) is 0. The van der Waals surface area contributed by atoms with E-state index in [-0.39, 0.29) is 0 Å². The van der Waals surface area contributed by atoms with Gasteiger partial charge in [0.05, 0.1) is 0 Å². The summed E-state index contributed by atoms with van der Waals surface area (Å²) in [6.45, 7) is 4.39. The van der Waals surface area contributed by atoms with Gasteiger partial charge in [-0.1, -0.05) is 0 Å². The molecule has 0 heterocycles. The van der Waals surface area contributed by atoms with E-state index in [4.69, 9.17) is 0 Å². The third-order valence-electron chi connectivity index (χ3n) is 2.88. The van der Waals surface area contributed by atoms with Crippen LogP contribution in [0.5, 0.6) is 0 Å². The first-order chi connectivity index (χ1) is 5.70. The number of hydrogen-bond acceptors (Lipinski definition) is 0. The third-order valence-corrected chi connectivity index (χ3v) is 2.88. The van der Waals surface area contributed by atoms with Crippen molar-refractivity contribution in [2.45, 2.75) is 18.4 Å². The molecule has 1 unspecified atom stereocenters. The maximum absolute atomic E-state index is 2.31. The predicted octanol–water partition coefficient (Wildman–Crippen LogP) is 2.62. The van der Waals surface area contributed by atoms with Crippen LogP contribution in [0.1, 0.15) is 28.2 Å². The Morgan fingerprint density at radius 2 is 2.00 bits per heavy atom. The number of hydrogen-bond donors (Lipinski definition) is 0. The molecule has 0 bridgehead atoms. The summed E-state index contributed by atoms with van der Waals surface area (Å²) >= 11 is 2.27. The molecule has 1 atom stereocenters. The molecule has 1 heteroatoms. The van der Waals surface area contributed by atoms with Crippen LogP contribution in [-0.2, 0) is 0 Å². The Labute approximate surface area is 82.9 Å². The van der Waals surface area contributed by atoms with Gasteiger partial charge in [0.2, 0.25) is 0 Å². The molecule has 0 aromatic heterocycles. The van der Waals surface area contributed by atoms with Crippen LogP contribution in [0.3, 0.4) is 0 Å². The monoisotopic (exact) mass is 150 g/mol. The number of fused-ring (bicyclic) bond motifs is 1. The van der Waals surface area contributed by atoms with Crippen molar-refractivity contribution in [1.29, 1.82) is 0 Å². The molecule has 0 amide bonds. The Morgan fingerprint density at radius 3 is 2.67 bits per heavy atom. The number of rotatable bonds is 0. The van der Waals surface area contributed by atoms with Crippen molar-refractivity contribution in [3.05, 3.63) is 40.5 Å². The number of benzene rings is 1. The van der Waals surface area contributed by atoms with Crippen LogP contribution < -0.4 is 0 Å². The van der Waals surface area contributed by atoms with Crippen LogP contribution in [0.25, 0.3) is 6.08 Å². The summed E-state index contributed by atoms with van der Waals surface area (Å²) in [6.07, 6.45) is 2.31. The molecule has 0 radical (unpaired) electrons. The van der Waals surface area contributed by atoms with Crippen LogP contribution in [-0.4, -0.2) is 17.7 Å². The molecule has 12 heavy (non-hydrogen) atoms. The van der Waals surface area contributed by atoms with Crippen molar-refractivity contribution in [3.8, 4) is 0 Å². The average Bonchev–Trinajstić information content (AvgIpc) is 2.32. The van der Waals surface area contributed by atoms with Crippen LogP contribution >= 0.6 is 0 Å². The normalized spacial score (nSPS) is 20.7. The molecule has 0 saturated heterocycles. The average molecular weight is 150 g/mol. The zero-order valence-corrected chi connectivity index (χ0v) is 7.89. The van der Waals surface area contributed by atoms with E-state index in [0.717, 1.165) is 0 Å². The second-order valence-electron chi connectivity index (χ2n) is 3.69. The standard InChI is InChI=1S/C11H11.Li/c1-8-6-10-5-3-4-9(2)11(10)7-8;/h3-7H,1-2H3;. The molecule has 1 aliphatic carbocycles. The van der Waals surface area contributed by atoms with Crippen molar-refractivity contribution < 1.29 is 0 Å². The molecule has 2 rings (SSSR count). The van der Waals surface area contributed by atoms with Crippen molar-refractivity contribution >= 4 is 23.8 Å². The fourth-order valence-electron chi connectivity index (χ4n) is 1.88. The van der Waals surface area contributed by atoms with Gasteiger partial charge in [-0.2, -0.15) is 0 Å². The topological polar surface area (TPSA) is 0 Å². The van der Waals surface area contributed by atoms with E-state index in [0.29, 0.717) is 4.59 Å². The molecular formula is C11H11Li. The van der Waals surface area contributed by atoms with Crippen LogP contribution in [0.2, 0.25) is 0 Å². The van der Waals surface area contributed by atoms with E-state index in [9.17, 15) is 0 Å². The van der Waals surface area contributed by atoms with Gasteiger partial charge in [-0.3, -0.25) is 0 Å². The fourth-order valence-corrected chi connectivity index (χ4v) is 1.88. The Kier molecular flexibility index (Phi) is 1.91. The minimum atomic E-state index is 0.625. The van der Waals surface area contributed by atoms with Crippen molar-refractivity contribution in [1.82, 2.24) is 0 Å². The molecule has 0 N–H and O–H groups in total. The summed E-state index contributed by atoms with van der Waals surface area (Å²) in [5.41, 5.74) is 5.82. The van der Waals surface area contributed by atoms with Gasteiger partial charge in [-0.05, 0) is 0 Å². The first-order valence-electron chi connectivity index (χ1n) is 4.48. The van der Waals surface area contributed by atoms with Gasteiger partial charge in [0.25, 0.3) is 0 Å². The van der Waals surface area contributed by atoms with Gasteiger partial charge < -0.3 is 0 Å². The van der Waals surface area contributed by atoms with E-state index < -0.39 is 0 Å². The van der Waals surface area contributed by atoms with Crippen LogP contribution in [0.15, 0.2) is 23.8 Å². The first-order valence-corrected chi connectivity index (χ1v) is 4.48. The van der Waals surface area contributed by atoms with E-state index in [2.05, 4.69) is 55.8 Å². The van der Waals surface area contributed by atoms with E-state index in [1.165, 1.54) is 22.3 Å². The van der Waals surface area contributed by atoms with E-state index >= 15 is 0 Å². The Balaban J connectivity index is 2.64.